The smallest absolute Gasteiger partial charge is 0.189 e. The number of anilines is 1. The molecule has 3 heterocycles. The van der Waals surface area contributed by atoms with Gasteiger partial charge in [0.2, 0.25) is 0 Å². The van der Waals surface area contributed by atoms with Gasteiger partial charge in [0.15, 0.2) is 5.16 Å². The Kier molecular flexibility index (Phi) is 3.80. The molecule has 6 heteroatoms. The molecule has 2 aromatic rings. The topological polar surface area (TPSA) is 54.8 Å². The lowest BCUT2D eigenvalue weighted by Crippen LogP contribution is -2.18. The van der Waals surface area contributed by atoms with Crippen LogP contribution >= 0.6 is 11.8 Å². The zero-order valence-corrected chi connectivity index (χ0v) is 14.5. The predicted octanol–water partition coefficient (Wildman–Crippen LogP) is 3.11. The maximum Gasteiger partial charge on any atom is 0.189 e. The molecule has 1 aliphatic heterocycles. The lowest BCUT2D eigenvalue weighted by Gasteiger charge is -2.17. The second-order valence-corrected chi connectivity index (χ2v) is 7.40. The summed E-state index contributed by atoms with van der Waals surface area (Å²) in [7, 11) is 0. The summed E-state index contributed by atoms with van der Waals surface area (Å²) in [4.78, 5) is 20.6. The Balaban J connectivity index is 1.90. The third-order valence-electron chi connectivity index (χ3n) is 3.65. The molecular formula is C16H21N5S. The minimum Gasteiger partial charge on any atom is -0.346 e. The van der Waals surface area contributed by atoms with Gasteiger partial charge in [-0.15, -0.1) is 0 Å². The maximum absolute atomic E-state index is 4.76. The molecule has 22 heavy (non-hydrogen) atoms. The fraction of sp³-hybridized carbons (Fsp3) is 0.500. The van der Waals surface area contributed by atoms with E-state index in [0.717, 1.165) is 41.3 Å². The molecule has 0 bridgehead atoms. The highest BCUT2D eigenvalue weighted by molar-refractivity contribution is 7.98. The molecule has 0 N–H and O–H groups in total. The van der Waals surface area contributed by atoms with Crippen LogP contribution in [0.3, 0.4) is 0 Å². The molecule has 0 aromatic carbocycles. The molecule has 0 amide bonds. The second kappa shape index (κ2) is 5.50. The third kappa shape index (κ3) is 2.92. The van der Waals surface area contributed by atoms with Crippen LogP contribution < -0.4 is 4.90 Å². The Morgan fingerprint density at radius 3 is 2.59 bits per heavy atom. The second-order valence-electron chi connectivity index (χ2n) is 6.63. The van der Waals surface area contributed by atoms with Crippen LogP contribution in [-0.2, 0) is 18.5 Å². The van der Waals surface area contributed by atoms with Crippen LogP contribution in [0.4, 0.5) is 5.82 Å². The molecule has 0 atom stereocenters. The largest absolute Gasteiger partial charge is 0.346 e. The van der Waals surface area contributed by atoms with E-state index in [-0.39, 0.29) is 5.41 Å². The summed E-state index contributed by atoms with van der Waals surface area (Å²) in [6.45, 7) is 10.0. The summed E-state index contributed by atoms with van der Waals surface area (Å²) in [6.07, 6.45) is 3.96. The fourth-order valence-electron chi connectivity index (χ4n) is 2.46. The summed E-state index contributed by atoms with van der Waals surface area (Å²) in [5.41, 5.74) is 3.27. The first-order chi connectivity index (χ1) is 10.4. The minimum atomic E-state index is -0.0278. The first kappa shape index (κ1) is 15.2. The van der Waals surface area contributed by atoms with Crippen LogP contribution in [0, 0.1) is 6.92 Å². The van der Waals surface area contributed by atoms with Gasteiger partial charge in [-0.2, -0.15) is 0 Å². The first-order valence-corrected chi connectivity index (χ1v) is 8.59. The van der Waals surface area contributed by atoms with Gasteiger partial charge in [-0.3, -0.25) is 0 Å². The van der Waals surface area contributed by atoms with Crippen molar-refractivity contribution in [3.8, 4) is 0 Å². The molecule has 0 fully saturated rings. The maximum atomic E-state index is 4.76. The Morgan fingerprint density at radius 2 is 1.91 bits per heavy atom. The summed E-state index contributed by atoms with van der Waals surface area (Å²) in [5.74, 6) is 1.86. The molecule has 1 aliphatic rings. The van der Waals surface area contributed by atoms with E-state index in [9.17, 15) is 0 Å². The van der Waals surface area contributed by atoms with Crippen LogP contribution in [0.1, 0.15) is 43.5 Å². The number of fused-ring (bicyclic) bond motifs is 1. The van der Waals surface area contributed by atoms with Crippen molar-refractivity contribution in [3.05, 3.63) is 35.0 Å². The quantitative estimate of drug-likeness (QED) is 0.627. The molecular weight excluding hydrogens is 294 g/mol. The van der Waals surface area contributed by atoms with Crippen molar-refractivity contribution in [2.45, 2.75) is 51.4 Å². The molecule has 0 saturated carbocycles. The number of hydrogen-bond acceptors (Lipinski definition) is 6. The third-order valence-corrected chi connectivity index (χ3v) is 4.20. The molecule has 0 unspecified atom stereocenters. The molecule has 0 aliphatic carbocycles. The normalized spacial score (nSPS) is 14.3. The molecule has 5 nitrogen and oxygen atoms in total. The van der Waals surface area contributed by atoms with Gasteiger partial charge < -0.3 is 4.90 Å². The van der Waals surface area contributed by atoms with Gasteiger partial charge in [0.25, 0.3) is 0 Å². The van der Waals surface area contributed by atoms with Crippen LogP contribution in [0.5, 0.6) is 0 Å². The Labute approximate surface area is 135 Å². The standard InChI is InChI=1S/C16H21N5S/c1-10-6-13(20-15(18-10)22-5)21-8-11-7-17-14(16(2,3)4)19-12(11)9-21/h6-7H,8-9H2,1-5H3. The Bertz CT molecular complexity index is 708. The number of hydrogen-bond donors (Lipinski definition) is 0. The average Bonchev–Trinajstić information content (AvgIpc) is 2.88. The first-order valence-electron chi connectivity index (χ1n) is 7.37. The van der Waals surface area contributed by atoms with E-state index in [1.54, 1.807) is 11.8 Å². The number of aryl methyl sites for hydroxylation is 1. The summed E-state index contributed by atoms with van der Waals surface area (Å²) < 4.78 is 0. The van der Waals surface area contributed by atoms with Crippen molar-refractivity contribution in [2.75, 3.05) is 11.2 Å². The van der Waals surface area contributed by atoms with E-state index in [1.807, 2.05) is 25.4 Å². The zero-order valence-electron chi connectivity index (χ0n) is 13.7. The molecule has 3 rings (SSSR count). The van der Waals surface area contributed by atoms with Crippen LogP contribution in [-0.4, -0.2) is 26.2 Å². The van der Waals surface area contributed by atoms with Crippen molar-refractivity contribution < 1.29 is 0 Å². The Morgan fingerprint density at radius 1 is 1.14 bits per heavy atom. The lowest BCUT2D eigenvalue weighted by atomic mass is 9.95. The van der Waals surface area contributed by atoms with E-state index in [2.05, 4.69) is 40.6 Å². The van der Waals surface area contributed by atoms with Crippen molar-refractivity contribution in [3.63, 3.8) is 0 Å². The van der Waals surface area contributed by atoms with Gasteiger partial charge in [-0.1, -0.05) is 32.5 Å². The van der Waals surface area contributed by atoms with E-state index >= 15 is 0 Å². The van der Waals surface area contributed by atoms with Gasteiger partial charge in [0, 0.05) is 35.5 Å². The molecule has 0 spiro atoms. The number of aromatic nitrogens is 4. The highest BCUT2D eigenvalue weighted by Crippen LogP contribution is 2.28. The Hall–Kier alpha value is -1.69. The van der Waals surface area contributed by atoms with E-state index in [1.165, 1.54) is 5.56 Å². The average molecular weight is 315 g/mol. The summed E-state index contributed by atoms with van der Waals surface area (Å²) in [6, 6.07) is 2.03. The molecule has 2 aromatic heterocycles. The highest BCUT2D eigenvalue weighted by atomic mass is 32.2. The van der Waals surface area contributed by atoms with Crippen molar-refractivity contribution in [1.82, 2.24) is 19.9 Å². The molecule has 0 radical (unpaired) electrons. The minimum absolute atomic E-state index is 0.0278. The molecule has 116 valence electrons. The summed E-state index contributed by atoms with van der Waals surface area (Å²) in [5, 5.41) is 0.812. The van der Waals surface area contributed by atoms with Crippen LogP contribution in [0.25, 0.3) is 0 Å². The van der Waals surface area contributed by atoms with Gasteiger partial charge >= 0.3 is 0 Å². The van der Waals surface area contributed by atoms with Crippen molar-refractivity contribution in [2.24, 2.45) is 0 Å². The van der Waals surface area contributed by atoms with Gasteiger partial charge in [0.1, 0.15) is 11.6 Å². The van der Waals surface area contributed by atoms with E-state index < -0.39 is 0 Å². The summed E-state index contributed by atoms with van der Waals surface area (Å²) >= 11 is 1.57. The van der Waals surface area contributed by atoms with Crippen molar-refractivity contribution in [1.29, 1.82) is 0 Å². The predicted molar refractivity (Wildman–Crippen MR) is 89.2 cm³/mol. The van der Waals surface area contributed by atoms with Gasteiger partial charge in [-0.25, -0.2) is 19.9 Å². The lowest BCUT2D eigenvalue weighted by molar-refractivity contribution is 0.541. The van der Waals surface area contributed by atoms with E-state index in [0.29, 0.717) is 0 Å². The van der Waals surface area contributed by atoms with E-state index in [4.69, 9.17) is 4.98 Å². The highest BCUT2D eigenvalue weighted by Gasteiger charge is 2.25. The van der Waals surface area contributed by atoms with Gasteiger partial charge in [-0.05, 0) is 13.2 Å². The van der Waals surface area contributed by atoms with Crippen LogP contribution in [0.2, 0.25) is 0 Å². The monoisotopic (exact) mass is 315 g/mol. The zero-order chi connectivity index (χ0) is 15.9. The SMILES string of the molecule is CSc1nc(C)cc(N2Cc3cnc(C(C)(C)C)nc3C2)n1. The van der Waals surface area contributed by atoms with Gasteiger partial charge in [0.05, 0.1) is 12.2 Å². The van der Waals surface area contributed by atoms with Crippen LogP contribution in [0.15, 0.2) is 17.4 Å². The number of rotatable bonds is 2. The van der Waals surface area contributed by atoms with Crippen molar-refractivity contribution >= 4 is 17.6 Å². The molecule has 0 saturated heterocycles. The number of thioether (sulfide) groups is 1. The number of nitrogens with zero attached hydrogens (tertiary/aromatic N) is 5. The fourth-order valence-corrected chi connectivity index (χ4v) is 2.88.